The lowest BCUT2D eigenvalue weighted by atomic mass is 10.0. The Kier molecular flexibility index (Phi) is 9.06. The fraction of sp³-hybridized carbons (Fsp3) is 1.00. The smallest absolute Gasteiger partial charge is 0.0558 e. The van der Waals surface area contributed by atoms with E-state index in [1.165, 1.54) is 32.5 Å². The second-order valence-corrected chi connectivity index (χ2v) is 3.87. The Morgan fingerprint density at radius 2 is 1.80 bits per heavy atom. The lowest BCUT2D eigenvalue weighted by Gasteiger charge is -2.36. The zero-order valence-electron chi connectivity index (χ0n) is 10.9. The molecular formula is C12H28N2O. The number of likely N-dealkylation sites (tertiary alicyclic amines) is 1. The molecule has 3 nitrogen and oxygen atoms in total. The fourth-order valence-corrected chi connectivity index (χ4v) is 2.02. The van der Waals surface area contributed by atoms with Crippen LogP contribution in [0.3, 0.4) is 0 Å². The molecule has 0 aromatic carbocycles. The molecule has 0 aromatic rings. The molecule has 3 heteroatoms. The van der Waals surface area contributed by atoms with Gasteiger partial charge in [-0.05, 0) is 39.5 Å². The Labute approximate surface area is 95.1 Å². The second kappa shape index (κ2) is 9.13. The molecular weight excluding hydrogens is 188 g/mol. The molecule has 1 rings (SSSR count). The first kappa shape index (κ1) is 14.9. The molecule has 1 heterocycles. The predicted molar refractivity (Wildman–Crippen MR) is 66.2 cm³/mol. The van der Waals surface area contributed by atoms with Crippen molar-refractivity contribution in [2.24, 2.45) is 0 Å². The van der Waals surface area contributed by atoms with E-state index < -0.39 is 0 Å². The van der Waals surface area contributed by atoms with E-state index >= 15 is 0 Å². The summed E-state index contributed by atoms with van der Waals surface area (Å²) in [7, 11) is 2.11. The quantitative estimate of drug-likeness (QED) is 0.770. The van der Waals surface area contributed by atoms with Crippen molar-refractivity contribution in [1.29, 1.82) is 0 Å². The predicted octanol–water partition coefficient (Wildman–Crippen LogP) is 1.42. The van der Waals surface area contributed by atoms with Crippen LogP contribution in [0, 0.1) is 0 Å². The van der Waals surface area contributed by atoms with Crippen LogP contribution in [-0.4, -0.2) is 60.8 Å². The molecule has 0 radical (unpaired) electrons. The molecule has 1 fully saturated rings. The third-order valence-electron chi connectivity index (χ3n) is 3.08. The van der Waals surface area contributed by atoms with E-state index in [0.717, 1.165) is 6.54 Å². The first-order valence-electron chi connectivity index (χ1n) is 6.31. The highest BCUT2D eigenvalue weighted by Gasteiger charge is 2.20. The number of hydrogen-bond acceptors (Lipinski definition) is 3. The van der Waals surface area contributed by atoms with Crippen molar-refractivity contribution in [3.63, 3.8) is 0 Å². The Hall–Kier alpha value is -0.120. The number of rotatable bonds is 4. The van der Waals surface area contributed by atoms with Gasteiger partial charge in [-0.15, -0.1) is 0 Å². The lowest BCUT2D eigenvalue weighted by molar-refractivity contribution is 0.114. The van der Waals surface area contributed by atoms with Gasteiger partial charge in [0.05, 0.1) is 6.61 Å². The summed E-state index contributed by atoms with van der Waals surface area (Å²) in [5.41, 5.74) is 0. The van der Waals surface area contributed by atoms with Crippen molar-refractivity contribution >= 4 is 0 Å². The van der Waals surface area contributed by atoms with Crippen LogP contribution in [0.15, 0.2) is 0 Å². The van der Waals surface area contributed by atoms with Crippen LogP contribution in [0.4, 0.5) is 0 Å². The van der Waals surface area contributed by atoms with E-state index in [1.807, 2.05) is 13.8 Å². The molecule has 0 spiro atoms. The van der Waals surface area contributed by atoms with Crippen LogP contribution in [-0.2, 0) is 0 Å². The fourth-order valence-electron chi connectivity index (χ4n) is 2.02. The second-order valence-electron chi connectivity index (χ2n) is 3.87. The van der Waals surface area contributed by atoms with E-state index in [1.54, 1.807) is 0 Å². The zero-order chi connectivity index (χ0) is 11.7. The SMILES string of the molecule is CC.CCN1CCC(N(C)CCO)CC1. The number of aliphatic hydroxyl groups is 1. The van der Waals surface area contributed by atoms with Crippen LogP contribution in [0.1, 0.15) is 33.6 Å². The summed E-state index contributed by atoms with van der Waals surface area (Å²) in [5.74, 6) is 0. The van der Waals surface area contributed by atoms with Gasteiger partial charge in [0.2, 0.25) is 0 Å². The average molecular weight is 216 g/mol. The van der Waals surface area contributed by atoms with Gasteiger partial charge in [0, 0.05) is 12.6 Å². The zero-order valence-corrected chi connectivity index (χ0v) is 10.9. The number of likely N-dealkylation sites (N-methyl/N-ethyl adjacent to an activating group) is 1. The topological polar surface area (TPSA) is 26.7 Å². The minimum absolute atomic E-state index is 0.282. The Balaban J connectivity index is 0.000000921. The molecule has 0 aliphatic carbocycles. The maximum Gasteiger partial charge on any atom is 0.0558 e. The van der Waals surface area contributed by atoms with Gasteiger partial charge in [0.15, 0.2) is 0 Å². The number of nitrogens with zero attached hydrogens (tertiary/aromatic N) is 2. The minimum atomic E-state index is 0.282. The van der Waals surface area contributed by atoms with Gasteiger partial charge in [-0.3, -0.25) is 0 Å². The summed E-state index contributed by atoms with van der Waals surface area (Å²) >= 11 is 0. The summed E-state index contributed by atoms with van der Waals surface area (Å²) in [5, 5.41) is 8.81. The van der Waals surface area contributed by atoms with Crippen molar-refractivity contribution in [3.8, 4) is 0 Å². The monoisotopic (exact) mass is 216 g/mol. The summed E-state index contributed by atoms with van der Waals surface area (Å²) in [6, 6.07) is 0.690. The summed E-state index contributed by atoms with van der Waals surface area (Å²) in [4.78, 5) is 4.77. The Morgan fingerprint density at radius 3 is 2.20 bits per heavy atom. The Morgan fingerprint density at radius 1 is 1.27 bits per heavy atom. The first-order valence-corrected chi connectivity index (χ1v) is 6.31. The number of piperidine rings is 1. The van der Waals surface area contributed by atoms with Crippen LogP contribution in [0.25, 0.3) is 0 Å². The summed E-state index contributed by atoms with van der Waals surface area (Å²) in [6.07, 6.45) is 2.51. The molecule has 1 aliphatic heterocycles. The van der Waals surface area contributed by atoms with Crippen LogP contribution in [0.5, 0.6) is 0 Å². The molecule has 1 aliphatic rings. The Bertz CT molecular complexity index is 134. The van der Waals surface area contributed by atoms with E-state index in [-0.39, 0.29) is 6.61 Å². The van der Waals surface area contributed by atoms with Crippen molar-refractivity contribution in [3.05, 3.63) is 0 Å². The summed E-state index contributed by atoms with van der Waals surface area (Å²) in [6.45, 7) is 10.9. The molecule has 0 bridgehead atoms. The van der Waals surface area contributed by atoms with Crippen molar-refractivity contribution in [2.75, 3.05) is 39.8 Å². The highest BCUT2D eigenvalue weighted by Crippen LogP contribution is 2.14. The molecule has 15 heavy (non-hydrogen) atoms. The third-order valence-corrected chi connectivity index (χ3v) is 3.08. The van der Waals surface area contributed by atoms with E-state index in [2.05, 4.69) is 23.8 Å². The molecule has 1 N–H and O–H groups in total. The first-order chi connectivity index (χ1) is 7.27. The van der Waals surface area contributed by atoms with Crippen LogP contribution < -0.4 is 0 Å². The van der Waals surface area contributed by atoms with Gasteiger partial charge in [-0.1, -0.05) is 20.8 Å². The molecule has 0 unspecified atom stereocenters. The number of hydrogen-bond donors (Lipinski definition) is 1. The van der Waals surface area contributed by atoms with E-state index in [0.29, 0.717) is 6.04 Å². The average Bonchev–Trinajstić information content (AvgIpc) is 2.32. The molecule has 0 aromatic heterocycles. The van der Waals surface area contributed by atoms with Gasteiger partial charge in [-0.25, -0.2) is 0 Å². The third kappa shape index (κ3) is 5.50. The van der Waals surface area contributed by atoms with Crippen molar-refractivity contribution in [1.82, 2.24) is 9.80 Å². The molecule has 0 atom stereocenters. The largest absolute Gasteiger partial charge is 0.395 e. The highest BCUT2D eigenvalue weighted by molar-refractivity contribution is 4.77. The van der Waals surface area contributed by atoms with Crippen LogP contribution in [0.2, 0.25) is 0 Å². The van der Waals surface area contributed by atoms with E-state index in [4.69, 9.17) is 5.11 Å². The highest BCUT2D eigenvalue weighted by atomic mass is 16.3. The van der Waals surface area contributed by atoms with Gasteiger partial charge in [0.1, 0.15) is 0 Å². The van der Waals surface area contributed by atoms with Gasteiger partial charge in [0.25, 0.3) is 0 Å². The molecule has 1 saturated heterocycles. The number of aliphatic hydroxyl groups excluding tert-OH is 1. The van der Waals surface area contributed by atoms with Crippen LogP contribution >= 0.6 is 0 Å². The standard InChI is InChI=1S/C10H22N2O.C2H6/c1-3-12-6-4-10(5-7-12)11(2)8-9-13;1-2/h10,13H,3-9H2,1-2H3;1-2H3. The van der Waals surface area contributed by atoms with Gasteiger partial charge < -0.3 is 14.9 Å². The maximum absolute atomic E-state index is 8.81. The van der Waals surface area contributed by atoms with E-state index in [9.17, 15) is 0 Å². The van der Waals surface area contributed by atoms with Gasteiger partial charge in [-0.2, -0.15) is 0 Å². The maximum atomic E-state index is 8.81. The van der Waals surface area contributed by atoms with Crippen molar-refractivity contribution < 1.29 is 5.11 Å². The minimum Gasteiger partial charge on any atom is -0.395 e. The normalized spacial score (nSPS) is 18.8. The summed E-state index contributed by atoms with van der Waals surface area (Å²) < 4.78 is 0. The lowest BCUT2D eigenvalue weighted by Crippen LogP contribution is -2.44. The van der Waals surface area contributed by atoms with Gasteiger partial charge >= 0.3 is 0 Å². The molecule has 0 amide bonds. The van der Waals surface area contributed by atoms with Crippen molar-refractivity contribution in [2.45, 2.75) is 39.7 Å². The molecule has 92 valence electrons. The molecule has 0 saturated carbocycles.